The summed E-state index contributed by atoms with van der Waals surface area (Å²) >= 11 is 15.5. The second-order valence-corrected chi connectivity index (χ2v) is 10.0. The van der Waals surface area contributed by atoms with Crippen LogP contribution in [0.4, 0.5) is 13.2 Å². The number of aryl methyl sites for hydroxylation is 1. The van der Waals surface area contributed by atoms with E-state index < -0.39 is 11.7 Å². The Hall–Kier alpha value is -3.07. The zero-order valence-corrected chi connectivity index (χ0v) is 22.3. The normalized spacial score (nSPS) is 11.8. The molecule has 0 aliphatic carbocycles. The minimum atomic E-state index is -4.59. The molecule has 4 nitrogen and oxygen atoms in total. The molecule has 0 fully saturated rings. The standard InChI is InChI=1S/C27H17BrCl2F3N3O/c1-15-25-22(27(31,32)33)13-24(34-26(25)36(35-15)20-8-5-18(28)6-9-20)16-3-10-21(11-4-16)37-14-17-2-7-19(29)12-23(17)30/h2-13H,14H2,1H3. The van der Waals surface area contributed by atoms with E-state index >= 15 is 0 Å². The van der Waals surface area contributed by atoms with E-state index in [1.54, 1.807) is 73.7 Å². The lowest BCUT2D eigenvalue weighted by Crippen LogP contribution is -2.08. The molecule has 5 rings (SSSR count). The lowest BCUT2D eigenvalue weighted by molar-refractivity contribution is -0.136. The zero-order valence-electron chi connectivity index (χ0n) is 19.2. The average Bonchev–Trinajstić information content (AvgIpc) is 3.19. The summed E-state index contributed by atoms with van der Waals surface area (Å²) in [6.45, 7) is 1.76. The molecule has 0 bridgehead atoms. The summed E-state index contributed by atoms with van der Waals surface area (Å²) in [6, 6.07) is 20.0. The van der Waals surface area contributed by atoms with Crippen LogP contribution in [0.5, 0.6) is 5.75 Å². The monoisotopic (exact) mass is 605 g/mol. The molecule has 0 aliphatic heterocycles. The molecule has 188 valence electrons. The summed E-state index contributed by atoms with van der Waals surface area (Å²) in [5.41, 5.74) is 1.62. The molecule has 0 unspecified atom stereocenters. The van der Waals surface area contributed by atoms with Gasteiger partial charge in [-0.3, -0.25) is 0 Å². The number of rotatable bonds is 5. The predicted octanol–water partition coefficient (Wildman–Crippen LogP) is 9.06. The fourth-order valence-electron chi connectivity index (χ4n) is 3.94. The Bertz CT molecular complexity index is 1600. The lowest BCUT2D eigenvalue weighted by atomic mass is 10.0. The molecule has 2 aromatic heterocycles. The molecule has 0 amide bonds. The molecular formula is C27H17BrCl2F3N3O. The first-order chi connectivity index (χ1) is 17.6. The molecule has 2 heterocycles. The minimum absolute atomic E-state index is 0.0287. The number of alkyl halides is 3. The summed E-state index contributed by atoms with van der Waals surface area (Å²) in [5.74, 6) is 0.530. The van der Waals surface area contributed by atoms with Crippen LogP contribution >= 0.6 is 39.1 Å². The van der Waals surface area contributed by atoms with Gasteiger partial charge < -0.3 is 4.74 Å². The van der Waals surface area contributed by atoms with Crippen LogP contribution in [0.25, 0.3) is 28.0 Å². The van der Waals surface area contributed by atoms with E-state index in [-0.39, 0.29) is 29.0 Å². The highest BCUT2D eigenvalue weighted by Crippen LogP contribution is 2.39. The molecule has 0 spiro atoms. The van der Waals surface area contributed by atoms with Gasteiger partial charge in [0.05, 0.1) is 28.0 Å². The number of ether oxygens (including phenoxy) is 1. The van der Waals surface area contributed by atoms with Gasteiger partial charge in [-0.25, -0.2) is 9.67 Å². The Labute approximate surface area is 228 Å². The molecule has 0 atom stereocenters. The van der Waals surface area contributed by atoms with Crippen LogP contribution in [0.15, 0.2) is 77.3 Å². The quantitative estimate of drug-likeness (QED) is 0.200. The average molecular weight is 607 g/mol. The van der Waals surface area contributed by atoms with Gasteiger partial charge in [0, 0.05) is 25.6 Å². The maximum absolute atomic E-state index is 14.1. The van der Waals surface area contributed by atoms with Gasteiger partial charge in [-0.05, 0) is 73.7 Å². The first-order valence-corrected chi connectivity index (χ1v) is 12.6. The van der Waals surface area contributed by atoms with Gasteiger partial charge in [-0.1, -0.05) is 45.2 Å². The molecule has 0 radical (unpaired) electrons. The fraction of sp³-hybridized carbons (Fsp3) is 0.111. The second-order valence-electron chi connectivity index (χ2n) is 8.27. The lowest BCUT2D eigenvalue weighted by Gasteiger charge is -2.12. The SMILES string of the molecule is Cc1nn(-c2ccc(Br)cc2)c2nc(-c3ccc(OCc4ccc(Cl)cc4Cl)cc3)cc(C(F)(F)F)c12. The van der Waals surface area contributed by atoms with Crippen LogP contribution in [0.1, 0.15) is 16.8 Å². The highest BCUT2D eigenvalue weighted by molar-refractivity contribution is 9.10. The van der Waals surface area contributed by atoms with Crippen LogP contribution in [0.3, 0.4) is 0 Å². The Morgan fingerprint density at radius 1 is 0.946 bits per heavy atom. The molecular weight excluding hydrogens is 590 g/mol. The van der Waals surface area contributed by atoms with Crippen molar-refractivity contribution in [1.29, 1.82) is 0 Å². The van der Waals surface area contributed by atoms with Gasteiger partial charge in [0.15, 0.2) is 5.65 Å². The summed E-state index contributed by atoms with van der Waals surface area (Å²) in [6.07, 6.45) is -4.59. The van der Waals surface area contributed by atoms with E-state index in [9.17, 15) is 13.2 Å². The van der Waals surface area contributed by atoms with Gasteiger partial charge >= 0.3 is 6.18 Å². The maximum Gasteiger partial charge on any atom is 0.417 e. The molecule has 5 aromatic rings. The number of nitrogens with zero attached hydrogens (tertiary/aromatic N) is 3. The fourth-order valence-corrected chi connectivity index (χ4v) is 4.67. The molecule has 37 heavy (non-hydrogen) atoms. The summed E-state index contributed by atoms with van der Waals surface area (Å²) in [4.78, 5) is 4.60. The van der Waals surface area contributed by atoms with E-state index in [4.69, 9.17) is 27.9 Å². The van der Waals surface area contributed by atoms with E-state index in [1.165, 1.54) is 4.68 Å². The Kier molecular flexibility index (Phi) is 6.91. The zero-order chi connectivity index (χ0) is 26.3. The Morgan fingerprint density at radius 2 is 1.65 bits per heavy atom. The van der Waals surface area contributed by atoms with Crippen LogP contribution in [0.2, 0.25) is 10.0 Å². The molecule has 3 aromatic carbocycles. The summed E-state index contributed by atoms with van der Waals surface area (Å²) < 4.78 is 50.5. The second kappa shape index (κ2) is 10.0. The molecule has 0 saturated carbocycles. The molecule has 0 saturated heterocycles. The third-order valence-electron chi connectivity index (χ3n) is 5.75. The van der Waals surface area contributed by atoms with E-state index in [2.05, 4.69) is 26.0 Å². The number of benzene rings is 3. The summed E-state index contributed by atoms with van der Waals surface area (Å²) in [7, 11) is 0. The van der Waals surface area contributed by atoms with Gasteiger partial charge in [-0.15, -0.1) is 0 Å². The van der Waals surface area contributed by atoms with Crippen molar-refractivity contribution in [3.05, 3.63) is 104 Å². The van der Waals surface area contributed by atoms with Gasteiger partial charge in [0.1, 0.15) is 12.4 Å². The highest BCUT2D eigenvalue weighted by Gasteiger charge is 2.35. The molecule has 10 heteroatoms. The smallest absolute Gasteiger partial charge is 0.417 e. The van der Waals surface area contributed by atoms with E-state index in [0.717, 1.165) is 16.1 Å². The third kappa shape index (κ3) is 5.32. The van der Waals surface area contributed by atoms with Crippen molar-refractivity contribution in [2.24, 2.45) is 0 Å². The number of aromatic nitrogens is 3. The summed E-state index contributed by atoms with van der Waals surface area (Å²) in [5, 5.41) is 5.36. The number of hydrogen-bond donors (Lipinski definition) is 0. The first-order valence-electron chi connectivity index (χ1n) is 11.0. The van der Waals surface area contributed by atoms with Gasteiger partial charge in [0.25, 0.3) is 0 Å². The number of hydrogen-bond acceptors (Lipinski definition) is 3. The molecule has 0 N–H and O–H groups in total. The van der Waals surface area contributed by atoms with Gasteiger partial charge in [-0.2, -0.15) is 18.3 Å². The minimum Gasteiger partial charge on any atom is -0.489 e. The predicted molar refractivity (Wildman–Crippen MR) is 143 cm³/mol. The largest absolute Gasteiger partial charge is 0.489 e. The van der Waals surface area contributed by atoms with Crippen molar-refractivity contribution in [2.45, 2.75) is 19.7 Å². The van der Waals surface area contributed by atoms with Crippen molar-refractivity contribution < 1.29 is 17.9 Å². The molecule has 0 aliphatic rings. The third-order valence-corrected chi connectivity index (χ3v) is 6.86. The first kappa shape index (κ1) is 25.6. The van der Waals surface area contributed by atoms with E-state index in [0.29, 0.717) is 27.0 Å². The number of fused-ring (bicyclic) bond motifs is 1. The van der Waals surface area contributed by atoms with Crippen molar-refractivity contribution in [3.8, 4) is 22.7 Å². The van der Waals surface area contributed by atoms with Gasteiger partial charge in [0.2, 0.25) is 0 Å². The van der Waals surface area contributed by atoms with Crippen molar-refractivity contribution in [2.75, 3.05) is 0 Å². The highest BCUT2D eigenvalue weighted by atomic mass is 79.9. The van der Waals surface area contributed by atoms with Crippen molar-refractivity contribution in [1.82, 2.24) is 14.8 Å². The van der Waals surface area contributed by atoms with Crippen LogP contribution in [0, 0.1) is 6.92 Å². The van der Waals surface area contributed by atoms with Crippen molar-refractivity contribution in [3.63, 3.8) is 0 Å². The van der Waals surface area contributed by atoms with E-state index in [1.807, 2.05) is 0 Å². The Morgan fingerprint density at radius 3 is 2.30 bits per heavy atom. The van der Waals surface area contributed by atoms with Crippen LogP contribution in [-0.2, 0) is 12.8 Å². The van der Waals surface area contributed by atoms with Crippen LogP contribution < -0.4 is 4.74 Å². The topological polar surface area (TPSA) is 39.9 Å². The maximum atomic E-state index is 14.1. The van der Waals surface area contributed by atoms with Crippen molar-refractivity contribution >= 4 is 50.2 Å². The Balaban J connectivity index is 1.52. The number of halogens is 6. The van der Waals surface area contributed by atoms with Crippen LogP contribution in [-0.4, -0.2) is 14.8 Å². The number of pyridine rings is 1.